The van der Waals surface area contributed by atoms with Gasteiger partial charge >= 0.3 is 23.9 Å². The van der Waals surface area contributed by atoms with Crippen molar-refractivity contribution in [1.29, 1.82) is 0 Å². The second kappa shape index (κ2) is 14.3. The molecule has 2 aromatic carbocycles. The maximum Gasteiger partial charge on any atom is 0.356 e. The fourth-order valence-electron chi connectivity index (χ4n) is 7.59. The monoisotopic (exact) mass is 635 g/mol. The largest absolute Gasteiger partial charge is 0.480 e. The number of carbonyl (C=O) groups is 5. The Hall–Kier alpha value is -4.45. The number of hydrogen-bond donors (Lipinski definition) is 4. The van der Waals surface area contributed by atoms with Crippen LogP contribution >= 0.6 is 0 Å². The summed E-state index contributed by atoms with van der Waals surface area (Å²) in [6, 6.07) is 10.0. The van der Waals surface area contributed by atoms with Gasteiger partial charge in [0.1, 0.15) is 6.04 Å². The minimum atomic E-state index is -1.05. The second-order valence-electron chi connectivity index (χ2n) is 12.9. The van der Waals surface area contributed by atoms with E-state index in [-0.39, 0.29) is 35.6 Å². The van der Waals surface area contributed by atoms with Crippen LogP contribution in [0, 0.1) is 17.8 Å². The highest BCUT2D eigenvalue weighted by molar-refractivity contribution is 5.98. The number of hydroxylamine groups is 1. The van der Waals surface area contributed by atoms with Crippen molar-refractivity contribution < 1.29 is 43.4 Å². The molecule has 12 nitrogen and oxygen atoms in total. The minimum Gasteiger partial charge on any atom is -0.480 e. The molecule has 6 rings (SSSR count). The topological polar surface area (TPSA) is 169 Å². The Bertz CT molecular complexity index is 1450. The average molecular weight is 636 g/mol. The molecule has 0 saturated heterocycles. The van der Waals surface area contributed by atoms with Gasteiger partial charge in [-0.3, -0.25) is 14.4 Å². The maximum atomic E-state index is 12.9. The lowest BCUT2D eigenvalue weighted by atomic mass is 9.53. The Labute approximate surface area is 267 Å². The SMILES string of the molecule is CC(=O)Oc1cccc(C(=O)NCCCC[C@H](Nc2cccc(C(=O)ON[C@]34C[C@H]5C[C@H](C[C@H](C5)C3)C4)c2)C(=O)O)c1OC(C)=O. The number of nitrogens with one attached hydrogen (secondary N) is 3. The zero-order chi connectivity index (χ0) is 32.8. The number of carboxylic acid groups (broad SMARTS) is 1. The van der Waals surface area contributed by atoms with Gasteiger partial charge in [-0.15, -0.1) is 5.48 Å². The first-order valence-corrected chi connectivity index (χ1v) is 15.9. The van der Waals surface area contributed by atoms with Gasteiger partial charge in [0.25, 0.3) is 5.91 Å². The maximum absolute atomic E-state index is 12.9. The van der Waals surface area contributed by atoms with Gasteiger partial charge in [0.2, 0.25) is 0 Å². The van der Waals surface area contributed by atoms with Gasteiger partial charge in [-0.25, -0.2) is 9.59 Å². The Morgan fingerprint density at radius 3 is 2.17 bits per heavy atom. The van der Waals surface area contributed by atoms with E-state index in [0.29, 0.717) is 41.8 Å². The van der Waals surface area contributed by atoms with E-state index in [1.54, 1.807) is 24.3 Å². The normalized spacial score (nSPS) is 23.2. The Balaban J connectivity index is 1.10. The van der Waals surface area contributed by atoms with E-state index in [2.05, 4.69) is 16.1 Å². The first kappa shape index (κ1) is 32.9. The number of esters is 2. The van der Waals surface area contributed by atoms with Crippen molar-refractivity contribution in [3.05, 3.63) is 53.6 Å². The number of para-hydroxylation sites is 1. The summed E-state index contributed by atoms with van der Waals surface area (Å²) in [6.45, 7) is 2.58. The number of aliphatic carboxylic acids is 1. The van der Waals surface area contributed by atoms with Crippen LogP contribution in [-0.2, 0) is 19.2 Å². The van der Waals surface area contributed by atoms with E-state index in [1.165, 1.54) is 51.3 Å². The van der Waals surface area contributed by atoms with Gasteiger partial charge in [-0.05, 0) is 106 Å². The standard InChI is InChI=1S/C34H41N3O9/c1-20(38)44-29-11-6-9-27(30(29)45-21(2)39)31(40)35-12-4-3-10-28(32(41)42)36-26-8-5-7-25(16-26)33(43)46-37-34-17-22-13-23(18-34)15-24(14-22)19-34/h5-9,11,16,22-24,28,36-37H,3-4,10,12-15,17-19H2,1-2H3,(H,35,40)(H,41,42)/t22-,23+,24-,28-,34-/m0/s1. The molecule has 0 aromatic heterocycles. The lowest BCUT2D eigenvalue weighted by Crippen LogP contribution is -2.58. The lowest BCUT2D eigenvalue weighted by molar-refractivity contribution is -0.138. The smallest absolute Gasteiger partial charge is 0.356 e. The van der Waals surface area contributed by atoms with Gasteiger partial charge in [-0.1, -0.05) is 12.1 Å². The molecule has 1 amide bonds. The molecule has 46 heavy (non-hydrogen) atoms. The van der Waals surface area contributed by atoms with Crippen molar-refractivity contribution in [3.63, 3.8) is 0 Å². The molecule has 12 heteroatoms. The summed E-state index contributed by atoms with van der Waals surface area (Å²) < 4.78 is 10.2. The molecular weight excluding hydrogens is 594 g/mol. The molecule has 2 aromatic rings. The molecule has 4 saturated carbocycles. The van der Waals surface area contributed by atoms with Gasteiger partial charge in [-0.2, -0.15) is 0 Å². The van der Waals surface area contributed by atoms with Crippen molar-refractivity contribution in [2.75, 3.05) is 11.9 Å². The molecule has 4 fully saturated rings. The van der Waals surface area contributed by atoms with E-state index < -0.39 is 35.8 Å². The molecule has 0 aliphatic heterocycles. The summed E-state index contributed by atoms with van der Waals surface area (Å²) >= 11 is 0. The van der Waals surface area contributed by atoms with Gasteiger partial charge in [0.15, 0.2) is 11.5 Å². The minimum absolute atomic E-state index is 0.0190. The van der Waals surface area contributed by atoms with Crippen LogP contribution in [0.5, 0.6) is 11.5 Å². The van der Waals surface area contributed by atoms with Crippen molar-refractivity contribution in [3.8, 4) is 11.5 Å². The highest BCUT2D eigenvalue weighted by atomic mass is 16.7. The van der Waals surface area contributed by atoms with Crippen molar-refractivity contribution in [2.45, 2.75) is 83.2 Å². The van der Waals surface area contributed by atoms with Crippen molar-refractivity contribution >= 4 is 35.5 Å². The van der Waals surface area contributed by atoms with Crippen molar-refractivity contribution in [1.82, 2.24) is 10.8 Å². The number of anilines is 1. The fourth-order valence-corrected chi connectivity index (χ4v) is 7.59. The average Bonchev–Trinajstić information content (AvgIpc) is 2.99. The second-order valence-corrected chi connectivity index (χ2v) is 12.9. The molecule has 4 bridgehead atoms. The third kappa shape index (κ3) is 8.22. The molecular formula is C34H41N3O9. The molecule has 4 N–H and O–H groups in total. The molecule has 0 heterocycles. The molecule has 4 aliphatic rings. The number of amides is 1. The number of hydrogen-bond acceptors (Lipinski definition) is 10. The first-order chi connectivity index (χ1) is 22.0. The van der Waals surface area contributed by atoms with E-state index in [9.17, 15) is 29.1 Å². The summed E-state index contributed by atoms with van der Waals surface area (Å²) in [6.07, 6.45) is 8.16. The number of benzene rings is 2. The van der Waals surface area contributed by atoms with E-state index >= 15 is 0 Å². The van der Waals surface area contributed by atoms with E-state index in [1.807, 2.05) is 0 Å². The van der Waals surface area contributed by atoms with E-state index in [4.69, 9.17) is 14.3 Å². The number of unbranched alkanes of at least 4 members (excludes halogenated alkanes) is 1. The summed E-state index contributed by atoms with van der Waals surface area (Å²) in [7, 11) is 0. The van der Waals surface area contributed by atoms with Crippen LogP contribution in [0.2, 0.25) is 0 Å². The number of carbonyl (C=O) groups excluding carboxylic acids is 4. The number of carboxylic acids is 1. The highest BCUT2D eigenvalue weighted by Gasteiger charge is 2.51. The number of ether oxygens (including phenoxy) is 2. The molecule has 0 spiro atoms. The third-order valence-electron chi connectivity index (χ3n) is 9.06. The zero-order valence-corrected chi connectivity index (χ0v) is 26.1. The van der Waals surface area contributed by atoms with E-state index in [0.717, 1.165) is 19.3 Å². The Morgan fingerprint density at radius 2 is 1.54 bits per heavy atom. The zero-order valence-electron chi connectivity index (χ0n) is 26.1. The summed E-state index contributed by atoms with van der Waals surface area (Å²) in [5.41, 5.74) is 3.84. The lowest BCUT2D eigenvalue weighted by Gasteiger charge is -2.56. The van der Waals surface area contributed by atoms with Crippen LogP contribution in [0.1, 0.15) is 92.4 Å². The molecule has 1 atom stereocenters. The molecule has 0 radical (unpaired) electrons. The van der Waals surface area contributed by atoms with Crippen LogP contribution in [0.3, 0.4) is 0 Å². The van der Waals surface area contributed by atoms with Gasteiger partial charge in [0.05, 0.1) is 16.7 Å². The number of rotatable bonds is 14. The van der Waals surface area contributed by atoms with Crippen LogP contribution in [-0.4, -0.2) is 53.0 Å². The highest BCUT2D eigenvalue weighted by Crippen LogP contribution is 2.55. The third-order valence-corrected chi connectivity index (χ3v) is 9.06. The first-order valence-electron chi connectivity index (χ1n) is 15.9. The predicted octanol–water partition coefficient (Wildman–Crippen LogP) is 4.63. The Kier molecular flexibility index (Phi) is 10.3. The van der Waals surface area contributed by atoms with Crippen LogP contribution in [0.4, 0.5) is 5.69 Å². The predicted molar refractivity (Wildman–Crippen MR) is 166 cm³/mol. The van der Waals surface area contributed by atoms with Crippen LogP contribution in [0.25, 0.3) is 0 Å². The fraction of sp³-hybridized carbons (Fsp3) is 0.500. The summed E-state index contributed by atoms with van der Waals surface area (Å²) in [5, 5.41) is 15.5. The van der Waals surface area contributed by atoms with Crippen LogP contribution < -0.4 is 25.6 Å². The Morgan fingerprint density at radius 1 is 0.891 bits per heavy atom. The van der Waals surface area contributed by atoms with Crippen LogP contribution in [0.15, 0.2) is 42.5 Å². The molecule has 246 valence electrons. The van der Waals surface area contributed by atoms with Gasteiger partial charge in [0, 0.05) is 26.1 Å². The summed E-state index contributed by atoms with van der Waals surface area (Å²) in [4.78, 5) is 66.4. The van der Waals surface area contributed by atoms with Gasteiger partial charge < -0.3 is 30.1 Å². The quantitative estimate of drug-likeness (QED) is 0.0988. The van der Waals surface area contributed by atoms with Crippen molar-refractivity contribution in [2.24, 2.45) is 17.8 Å². The molecule has 4 aliphatic carbocycles. The molecule has 0 unspecified atom stereocenters. The summed E-state index contributed by atoms with van der Waals surface area (Å²) in [5.74, 6) is -1.50.